The molecule has 0 saturated heterocycles. The second-order valence-electron chi connectivity index (χ2n) is 8.08. The van der Waals surface area contributed by atoms with Crippen LogP contribution in [0.2, 0.25) is 0 Å². The SMILES string of the molecule is O=C([O-])CC([O-])(CC(=O)[O-])C(=O)[O-].O=C([O-])CC([O-])(CC(=O)[O-])C(=O)[O-].[Co+3].[Co+3].[OH3+].[OH3+].c1cc(CCc2cc[nH+]cc2)cc[nH+]1. The summed E-state index contributed by atoms with van der Waals surface area (Å²) in [7, 11) is 0. The van der Waals surface area contributed by atoms with Crippen molar-refractivity contribution in [2.75, 3.05) is 0 Å². The number of hydrogen-bond acceptors (Lipinski definition) is 14. The second-order valence-corrected chi connectivity index (χ2v) is 8.08. The van der Waals surface area contributed by atoms with Gasteiger partial charge >= 0.3 is 33.6 Å². The Morgan fingerprint density at radius 2 is 0.705 bits per heavy atom. The zero-order chi connectivity index (χ0) is 30.9. The van der Waals surface area contributed by atoms with Crippen LogP contribution < -0.4 is 50.8 Å². The standard InChI is InChI=1S/C12H12N2.2C6H7O7.2Co.2H2O/c1(11-3-7-13-8-4-11)2-12-5-9-14-10-6-12;2*7-3(8)1-6(13,5(11)12)2-4(9)10;;;;/h3-10H,1-2H2;2*1-2H2,(H,7,8)(H,9,10)(H,11,12);;;2*1H2/q;2*-1;2*+3;;/p-2. The summed E-state index contributed by atoms with van der Waals surface area (Å²) in [5.74, 6) is -12.4. The molecule has 0 fully saturated rings. The molecule has 8 N–H and O–H groups in total. The van der Waals surface area contributed by atoms with Gasteiger partial charge in [0.1, 0.15) is 0 Å². The van der Waals surface area contributed by atoms with Gasteiger partial charge in [-0.2, -0.15) is 0 Å². The van der Waals surface area contributed by atoms with Gasteiger partial charge in [0, 0.05) is 60.1 Å². The van der Waals surface area contributed by atoms with Gasteiger partial charge in [0.15, 0.2) is 24.8 Å². The average molecular weight is 718 g/mol. The summed E-state index contributed by atoms with van der Waals surface area (Å²) in [5.41, 5.74) is -3.71. The minimum atomic E-state index is -3.22. The summed E-state index contributed by atoms with van der Waals surface area (Å²) in [6.07, 6.45) is 4.18. The second kappa shape index (κ2) is 24.4. The third-order valence-electron chi connectivity index (χ3n) is 4.74. The third-order valence-corrected chi connectivity index (χ3v) is 4.74. The Bertz CT molecular complexity index is 1050. The van der Waals surface area contributed by atoms with Crippen molar-refractivity contribution in [3.63, 3.8) is 0 Å². The van der Waals surface area contributed by atoms with Crippen molar-refractivity contribution in [3.05, 3.63) is 60.2 Å². The van der Waals surface area contributed by atoms with E-state index in [2.05, 4.69) is 34.2 Å². The third kappa shape index (κ3) is 21.6. The fourth-order valence-corrected chi connectivity index (χ4v) is 2.81. The van der Waals surface area contributed by atoms with Crippen molar-refractivity contribution >= 4 is 35.8 Å². The van der Waals surface area contributed by atoms with E-state index in [9.17, 15) is 69.6 Å². The molecule has 0 radical (unpaired) electrons. The van der Waals surface area contributed by atoms with E-state index in [1.54, 1.807) is 0 Å². The molecule has 2 rings (SSSR count). The Kier molecular flexibility index (Phi) is 27.5. The minimum absolute atomic E-state index is 0. The van der Waals surface area contributed by atoms with Crippen LogP contribution in [0.25, 0.3) is 0 Å². The van der Waals surface area contributed by atoms with Crippen molar-refractivity contribution < 1.29 is 124 Å². The number of nitrogens with one attached hydrogen (secondary N) is 2. The molecule has 44 heavy (non-hydrogen) atoms. The van der Waals surface area contributed by atoms with Crippen molar-refractivity contribution in [1.29, 1.82) is 0 Å². The monoisotopic (exact) mass is 718 g/mol. The van der Waals surface area contributed by atoms with E-state index in [0.29, 0.717) is 0 Å². The molecule has 0 unspecified atom stereocenters. The van der Waals surface area contributed by atoms with Gasteiger partial charge in [0.25, 0.3) is 0 Å². The molecule has 18 nitrogen and oxygen atoms in total. The first kappa shape index (κ1) is 49.6. The van der Waals surface area contributed by atoms with Crippen molar-refractivity contribution in [2.24, 2.45) is 0 Å². The van der Waals surface area contributed by atoms with Gasteiger partial charge in [0.2, 0.25) is 0 Å². The van der Waals surface area contributed by atoms with Gasteiger partial charge in [0.05, 0.1) is 0 Å². The summed E-state index contributed by atoms with van der Waals surface area (Å²) < 4.78 is 0. The zero-order valence-corrected chi connectivity index (χ0v) is 24.5. The van der Waals surface area contributed by atoms with Crippen LogP contribution in [0.3, 0.4) is 0 Å². The first-order valence-corrected chi connectivity index (χ1v) is 11.0. The quantitative estimate of drug-likeness (QED) is 0.174. The molecule has 2 aromatic heterocycles. The number of carbonyl (C=O) groups is 6. The van der Waals surface area contributed by atoms with E-state index in [4.69, 9.17) is 0 Å². The molecule has 20 heteroatoms. The summed E-state index contributed by atoms with van der Waals surface area (Å²) in [5, 5.41) is 81.6. The maximum absolute atomic E-state index is 10.9. The van der Waals surface area contributed by atoms with Crippen molar-refractivity contribution in [1.82, 2.24) is 0 Å². The molecule has 0 amide bonds. The molecule has 0 aliphatic rings. The van der Waals surface area contributed by atoms with Crippen LogP contribution in [-0.2, 0) is 86.1 Å². The van der Waals surface area contributed by atoms with Crippen LogP contribution in [0.5, 0.6) is 0 Å². The molecule has 0 spiro atoms. The smallest absolute Gasteiger partial charge is 0.845 e. The summed E-state index contributed by atoms with van der Waals surface area (Å²) >= 11 is 0. The van der Waals surface area contributed by atoms with Gasteiger partial charge in [-0.15, -0.1) is 0 Å². The fraction of sp³-hybridized carbons (Fsp3) is 0.333. The average Bonchev–Trinajstić information content (AvgIpc) is 2.83. The van der Waals surface area contributed by atoms with Crippen molar-refractivity contribution in [2.45, 2.75) is 49.7 Å². The Labute approximate surface area is 269 Å². The van der Waals surface area contributed by atoms with Crippen LogP contribution in [0.4, 0.5) is 0 Å². The van der Waals surface area contributed by atoms with Gasteiger partial charge in [-0.05, 0) is 49.7 Å². The number of aromatic amines is 2. The molecule has 0 bridgehead atoms. The van der Waals surface area contributed by atoms with E-state index >= 15 is 0 Å². The molecule has 0 aliphatic carbocycles. The molecule has 0 atom stereocenters. The van der Waals surface area contributed by atoms with Crippen LogP contribution in [0, 0.1) is 0 Å². The van der Waals surface area contributed by atoms with Crippen LogP contribution in [0.1, 0.15) is 36.8 Å². The molecular weight excluding hydrogens is 690 g/mol. The maximum atomic E-state index is 10.9. The first-order chi connectivity index (χ1) is 18.5. The molecule has 2 aromatic rings. The number of hydrogen-bond donors (Lipinski definition) is 0. The number of carboxylic acids is 6. The van der Waals surface area contributed by atoms with E-state index in [-0.39, 0.29) is 44.5 Å². The number of carbonyl (C=O) groups excluding carboxylic acids is 6. The molecule has 0 aromatic carbocycles. The normalized spacial score (nSPS) is 9.59. The molecule has 0 saturated carbocycles. The Balaban J connectivity index is -0.000000166. The largest absolute Gasteiger partial charge is 3.00 e. The summed E-state index contributed by atoms with van der Waals surface area (Å²) in [6.45, 7) is 0. The molecular formula is C24H28Co2N2O16+2. The number of aliphatic carboxylic acids is 6. The van der Waals surface area contributed by atoms with E-state index in [1.165, 1.54) is 11.1 Å². The number of H-pyrrole nitrogens is 2. The summed E-state index contributed by atoms with van der Waals surface area (Å²) in [6, 6.07) is 8.48. The van der Waals surface area contributed by atoms with E-state index < -0.39 is 72.7 Å². The maximum Gasteiger partial charge on any atom is 3.00 e. The minimum Gasteiger partial charge on any atom is -0.845 e. The number of carboxylic acid groups (broad SMARTS) is 6. The molecule has 246 valence electrons. The molecule has 0 aliphatic heterocycles. The number of pyridine rings is 2. The van der Waals surface area contributed by atoms with Gasteiger partial charge < -0.3 is 80.6 Å². The zero-order valence-electron chi connectivity index (χ0n) is 22.4. The Morgan fingerprint density at radius 1 is 0.500 bits per heavy atom. The van der Waals surface area contributed by atoms with Crippen molar-refractivity contribution in [3.8, 4) is 0 Å². The number of aromatic nitrogens is 2. The fourth-order valence-electron chi connectivity index (χ4n) is 2.81. The number of rotatable bonds is 13. The number of aryl methyl sites for hydroxylation is 2. The van der Waals surface area contributed by atoms with Crippen LogP contribution >= 0.6 is 0 Å². The van der Waals surface area contributed by atoms with E-state index in [1.807, 2.05) is 24.8 Å². The predicted molar refractivity (Wildman–Crippen MR) is 117 cm³/mol. The van der Waals surface area contributed by atoms with Gasteiger partial charge in [-0.1, -0.05) is 11.2 Å². The molecule has 2 heterocycles. The van der Waals surface area contributed by atoms with Crippen LogP contribution in [0.15, 0.2) is 49.1 Å². The Hall–Kier alpha value is -4.03. The van der Waals surface area contributed by atoms with E-state index in [0.717, 1.165) is 12.8 Å². The first-order valence-electron chi connectivity index (χ1n) is 11.0. The predicted octanol–water partition coefficient (Wildman–Crippen LogP) is -12.5. The summed E-state index contributed by atoms with van der Waals surface area (Å²) in [4.78, 5) is 65.8. The van der Waals surface area contributed by atoms with Gasteiger partial charge in [-0.3, -0.25) is 0 Å². The Morgan fingerprint density at radius 3 is 0.864 bits per heavy atom. The van der Waals surface area contributed by atoms with Gasteiger partial charge in [-0.25, -0.2) is 9.97 Å². The van der Waals surface area contributed by atoms with Crippen LogP contribution in [-0.4, -0.2) is 47.0 Å². The topological polar surface area (TPSA) is 381 Å².